The van der Waals surface area contributed by atoms with Gasteiger partial charge in [0.2, 0.25) is 11.8 Å². The first-order valence-corrected chi connectivity index (χ1v) is 16.2. The van der Waals surface area contributed by atoms with Crippen molar-refractivity contribution in [2.45, 2.75) is 174 Å². The van der Waals surface area contributed by atoms with Gasteiger partial charge in [0.25, 0.3) is 0 Å². The van der Waals surface area contributed by atoms with Gasteiger partial charge in [0.05, 0.1) is 0 Å². The molecule has 0 aliphatic rings. The molecule has 2 atom stereocenters. The summed E-state index contributed by atoms with van der Waals surface area (Å²) in [6.07, 6.45) is 24.3. The number of rotatable bonds is 28. The third-order valence-corrected chi connectivity index (χ3v) is 7.53. The Kier molecular flexibility index (Phi) is 24.5. The molecule has 0 rings (SSSR count). The fourth-order valence-corrected chi connectivity index (χ4v) is 4.93. The van der Waals surface area contributed by atoms with Crippen LogP contribution < -0.4 is 10.6 Å². The van der Waals surface area contributed by atoms with Crippen LogP contribution in [0, 0.1) is 5.92 Å². The van der Waals surface area contributed by atoms with Gasteiger partial charge in [0.1, 0.15) is 12.1 Å². The van der Waals surface area contributed by atoms with Crippen molar-refractivity contribution in [1.82, 2.24) is 10.6 Å². The van der Waals surface area contributed by atoms with Crippen LogP contribution in [0.1, 0.15) is 162 Å². The molecule has 2 amide bonds. The van der Waals surface area contributed by atoms with Gasteiger partial charge in [0, 0.05) is 12.8 Å². The SMILES string of the molecule is CCCCCCCCCCCCCCCCCCCCCC(=O)NC(C(=O)NC(CCC(=O)O)C(=O)O)C(C)C. The van der Waals surface area contributed by atoms with Crippen LogP contribution in [-0.4, -0.2) is 46.0 Å². The molecule has 0 fully saturated rings. The van der Waals surface area contributed by atoms with Crippen molar-refractivity contribution >= 4 is 23.8 Å². The zero-order valence-electron chi connectivity index (χ0n) is 25.8. The van der Waals surface area contributed by atoms with Gasteiger partial charge >= 0.3 is 11.9 Å². The summed E-state index contributed by atoms with van der Waals surface area (Å²) in [5.74, 6) is -3.48. The van der Waals surface area contributed by atoms with E-state index >= 15 is 0 Å². The van der Waals surface area contributed by atoms with Crippen LogP contribution in [0.5, 0.6) is 0 Å². The Hall–Kier alpha value is -2.12. The maximum Gasteiger partial charge on any atom is 0.326 e. The number of carboxylic acids is 2. The second-order valence-electron chi connectivity index (χ2n) is 11.7. The molecule has 0 saturated carbocycles. The first-order chi connectivity index (χ1) is 19.2. The predicted octanol–water partition coefficient (Wildman–Crippen LogP) is 7.38. The number of hydrogen-bond donors (Lipinski definition) is 4. The topological polar surface area (TPSA) is 133 Å². The predicted molar refractivity (Wildman–Crippen MR) is 161 cm³/mol. The van der Waals surface area contributed by atoms with E-state index in [9.17, 15) is 24.3 Å². The molecule has 0 radical (unpaired) electrons. The Balaban J connectivity index is 3.81. The molecular formula is C32H60N2O6. The van der Waals surface area contributed by atoms with Gasteiger partial charge in [-0.25, -0.2) is 4.79 Å². The number of hydrogen-bond acceptors (Lipinski definition) is 4. The van der Waals surface area contributed by atoms with Gasteiger partial charge in [-0.05, 0) is 18.8 Å². The van der Waals surface area contributed by atoms with Crippen molar-refractivity contribution in [3.05, 3.63) is 0 Å². The van der Waals surface area contributed by atoms with Crippen LogP contribution in [0.25, 0.3) is 0 Å². The first-order valence-electron chi connectivity index (χ1n) is 16.2. The number of unbranched alkanes of at least 4 members (excludes halogenated alkanes) is 18. The highest BCUT2D eigenvalue weighted by Crippen LogP contribution is 2.15. The van der Waals surface area contributed by atoms with Gasteiger partial charge < -0.3 is 20.8 Å². The van der Waals surface area contributed by atoms with Crippen LogP contribution in [-0.2, 0) is 19.2 Å². The van der Waals surface area contributed by atoms with E-state index in [1.54, 1.807) is 13.8 Å². The lowest BCUT2D eigenvalue weighted by Crippen LogP contribution is -2.53. The molecule has 40 heavy (non-hydrogen) atoms. The zero-order valence-corrected chi connectivity index (χ0v) is 25.8. The van der Waals surface area contributed by atoms with E-state index in [4.69, 9.17) is 5.11 Å². The van der Waals surface area contributed by atoms with Gasteiger partial charge in [-0.3, -0.25) is 14.4 Å². The summed E-state index contributed by atoms with van der Waals surface area (Å²) < 4.78 is 0. The number of amides is 2. The fraction of sp³-hybridized carbons (Fsp3) is 0.875. The molecule has 0 spiro atoms. The molecule has 0 aliphatic carbocycles. The summed E-state index contributed by atoms with van der Waals surface area (Å²) in [5, 5.41) is 23.1. The fourth-order valence-electron chi connectivity index (χ4n) is 4.93. The maximum absolute atomic E-state index is 12.6. The third-order valence-electron chi connectivity index (χ3n) is 7.53. The molecule has 0 saturated heterocycles. The Morgan fingerprint density at radius 1 is 0.575 bits per heavy atom. The van der Waals surface area contributed by atoms with Crippen LogP contribution >= 0.6 is 0 Å². The second kappa shape index (κ2) is 25.8. The lowest BCUT2D eigenvalue weighted by molar-refractivity contribution is -0.143. The van der Waals surface area contributed by atoms with Crippen LogP contribution in [0.3, 0.4) is 0 Å². The van der Waals surface area contributed by atoms with E-state index in [0.717, 1.165) is 19.3 Å². The minimum Gasteiger partial charge on any atom is -0.481 e. The van der Waals surface area contributed by atoms with Crippen molar-refractivity contribution in [1.29, 1.82) is 0 Å². The summed E-state index contributed by atoms with van der Waals surface area (Å²) in [5.41, 5.74) is 0. The van der Waals surface area contributed by atoms with E-state index in [2.05, 4.69) is 17.6 Å². The van der Waals surface area contributed by atoms with E-state index in [0.29, 0.717) is 6.42 Å². The standard InChI is InChI=1S/C32H60N2O6/c1-4-5-6-7-8-9-10-11-12-13-14-15-16-17-18-19-20-21-22-23-28(35)34-30(26(2)3)31(38)33-27(32(39)40)24-25-29(36)37/h26-27,30H,4-25H2,1-3H3,(H,33,38)(H,34,35)(H,36,37)(H,39,40). The van der Waals surface area contributed by atoms with E-state index in [1.807, 2.05) is 0 Å². The molecule has 0 bridgehead atoms. The monoisotopic (exact) mass is 568 g/mol. The lowest BCUT2D eigenvalue weighted by atomic mass is 10.0. The Labute approximate surface area is 243 Å². The van der Waals surface area contributed by atoms with Crippen molar-refractivity contribution in [3.8, 4) is 0 Å². The smallest absolute Gasteiger partial charge is 0.326 e. The molecule has 234 valence electrons. The maximum atomic E-state index is 12.6. The molecule has 4 N–H and O–H groups in total. The average molecular weight is 569 g/mol. The second-order valence-corrected chi connectivity index (χ2v) is 11.7. The molecule has 0 aromatic rings. The summed E-state index contributed by atoms with van der Waals surface area (Å²) in [6.45, 7) is 5.81. The van der Waals surface area contributed by atoms with E-state index in [-0.39, 0.29) is 24.7 Å². The Bertz CT molecular complexity index is 682. The molecule has 0 aromatic carbocycles. The van der Waals surface area contributed by atoms with Gasteiger partial charge in [0.15, 0.2) is 0 Å². The Morgan fingerprint density at radius 3 is 1.32 bits per heavy atom. The van der Waals surface area contributed by atoms with Crippen molar-refractivity contribution < 1.29 is 29.4 Å². The number of carbonyl (C=O) groups is 4. The van der Waals surface area contributed by atoms with Gasteiger partial charge in [-0.15, -0.1) is 0 Å². The summed E-state index contributed by atoms with van der Waals surface area (Å²) in [7, 11) is 0. The molecule has 0 aromatic heterocycles. The number of carbonyl (C=O) groups excluding carboxylic acids is 2. The number of carboxylic acid groups (broad SMARTS) is 2. The quantitative estimate of drug-likeness (QED) is 0.0728. The van der Waals surface area contributed by atoms with Crippen LogP contribution in [0.2, 0.25) is 0 Å². The molecule has 8 heteroatoms. The minimum absolute atomic E-state index is 0.214. The highest BCUT2D eigenvalue weighted by Gasteiger charge is 2.28. The Morgan fingerprint density at radius 2 is 0.975 bits per heavy atom. The molecule has 8 nitrogen and oxygen atoms in total. The summed E-state index contributed by atoms with van der Waals surface area (Å²) >= 11 is 0. The first kappa shape index (κ1) is 37.9. The molecular weight excluding hydrogens is 508 g/mol. The minimum atomic E-state index is -1.30. The third kappa shape index (κ3) is 22.7. The van der Waals surface area contributed by atoms with Crippen molar-refractivity contribution in [3.63, 3.8) is 0 Å². The van der Waals surface area contributed by atoms with Gasteiger partial charge in [-0.2, -0.15) is 0 Å². The van der Waals surface area contributed by atoms with Crippen molar-refractivity contribution in [2.24, 2.45) is 5.92 Å². The molecule has 2 unspecified atom stereocenters. The number of aliphatic carboxylic acids is 2. The molecule has 0 aliphatic heterocycles. The van der Waals surface area contributed by atoms with Crippen LogP contribution in [0.4, 0.5) is 0 Å². The highest BCUT2D eigenvalue weighted by atomic mass is 16.4. The van der Waals surface area contributed by atoms with E-state index < -0.39 is 29.9 Å². The zero-order chi connectivity index (χ0) is 30.0. The van der Waals surface area contributed by atoms with Crippen LogP contribution in [0.15, 0.2) is 0 Å². The lowest BCUT2D eigenvalue weighted by Gasteiger charge is -2.24. The summed E-state index contributed by atoms with van der Waals surface area (Å²) in [4.78, 5) is 47.1. The van der Waals surface area contributed by atoms with Gasteiger partial charge in [-0.1, -0.05) is 136 Å². The molecule has 0 heterocycles. The summed E-state index contributed by atoms with van der Waals surface area (Å²) in [6, 6.07) is -2.17. The average Bonchev–Trinajstić information content (AvgIpc) is 2.90. The van der Waals surface area contributed by atoms with Crippen molar-refractivity contribution in [2.75, 3.05) is 0 Å². The highest BCUT2D eigenvalue weighted by molar-refractivity contribution is 5.90. The van der Waals surface area contributed by atoms with E-state index in [1.165, 1.54) is 103 Å². The largest absolute Gasteiger partial charge is 0.481 e. The normalized spacial score (nSPS) is 12.7. The number of nitrogens with one attached hydrogen (secondary N) is 2.